The number of hydrogen-bond acceptors (Lipinski definition) is 4. The van der Waals surface area contributed by atoms with Gasteiger partial charge in [0.15, 0.2) is 0 Å². The lowest BCUT2D eigenvalue weighted by molar-refractivity contribution is -0.234. The molecule has 4 aromatic rings. The van der Waals surface area contributed by atoms with Crippen LogP contribution in [0.5, 0.6) is 0 Å². The van der Waals surface area contributed by atoms with E-state index in [-0.39, 0.29) is 30.2 Å². The molecule has 4 aliphatic rings. The summed E-state index contributed by atoms with van der Waals surface area (Å²) in [7, 11) is 6.10. The van der Waals surface area contributed by atoms with Gasteiger partial charge in [0.25, 0.3) is 5.91 Å². The fourth-order valence-corrected chi connectivity index (χ4v) is 8.02. The van der Waals surface area contributed by atoms with E-state index in [0.29, 0.717) is 6.54 Å². The van der Waals surface area contributed by atoms with Crippen molar-refractivity contribution in [2.75, 3.05) is 21.2 Å². The highest BCUT2D eigenvalue weighted by molar-refractivity contribution is 6.23. The topological polar surface area (TPSA) is 55.7 Å². The number of rotatable bonds is 2. The van der Waals surface area contributed by atoms with Gasteiger partial charge >= 0.3 is 0 Å². The number of benzene rings is 3. The van der Waals surface area contributed by atoms with Crippen molar-refractivity contribution in [1.82, 2.24) is 14.8 Å². The van der Waals surface area contributed by atoms with Crippen molar-refractivity contribution in [2.45, 2.75) is 49.8 Å². The molecular formula is C30H29N3O3. The molecule has 1 saturated heterocycles. The number of methoxy groups -OCH3 is 1. The van der Waals surface area contributed by atoms with Gasteiger partial charge in [-0.2, -0.15) is 0 Å². The molecule has 1 unspecified atom stereocenters. The van der Waals surface area contributed by atoms with Crippen LogP contribution in [0.2, 0.25) is 0 Å². The number of aromatic nitrogens is 1. The first kappa shape index (κ1) is 20.9. The smallest absolute Gasteiger partial charge is 0.252 e. The summed E-state index contributed by atoms with van der Waals surface area (Å²) in [5, 5.41) is 5.35. The summed E-state index contributed by atoms with van der Waals surface area (Å²) in [5.74, 6) is 0.0184. The zero-order valence-corrected chi connectivity index (χ0v) is 21.0. The second kappa shape index (κ2) is 6.76. The predicted octanol–water partition coefficient (Wildman–Crippen LogP) is 4.79. The van der Waals surface area contributed by atoms with Gasteiger partial charge in [-0.25, -0.2) is 0 Å². The van der Waals surface area contributed by atoms with E-state index in [1.807, 2.05) is 7.11 Å². The quantitative estimate of drug-likeness (QED) is 0.449. The lowest BCUT2D eigenvalue weighted by Crippen LogP contribution is -2.61. The molecule has 0 radical (unpaired) electrons. The molecule has 8 rings (SSSR count). The summed E-state index contributed by atoms with van der Waals surface area (Å²) in [6.07, 6.45) is 0.522. The Bertz CT molecular complexity index is 1640. The molecule has 6 nitrogen and oxygen atoms in total. The van der Waals surface area contributed by atoms with Crippen LogP contribution in [0.25, 0.3) is 32.9 Å². The van der Waals surface area contributed by atoms with E-state index in [0.717, 1.165) is 39.4 Å². The summed E-state index contributed by atoms with van der Waals surface area (Å²) in [6.45, 7) is 2.81. The molecule has 36 heavy (non-hydrogen) atoms. The molecule has 5 atom stereocenters. The molecule has 1 fully saturated rings. The number of carbonyl (C=O) groups excluding carboxylic acids is 1. The highest BCUT2D eigenvalue weighted by Crippen LogP contribution is 2.62. The van der Waals surface area contributed by atoms with Crippen LogP contribution in [0.3, 0.4) is 0 Å². The Kier molecular flexibility index (Phi) is 3.94. The second-order valence-corrected chi connectivity index (χ2v) is 11.1. The van der Waals surface area contributed by atoms with Crippen LogP contribution in [-0.2, 0) is 16.0 Å². The maximum Gasteiger partial charge on any atom is 0.252 e. The van der Waals surface area contributed by atoms with E-state index in [1.54, 1.807) is 0 Å². The summed E-state index contributed by atoms with van der Waals surface area (Å²) >= 11 is 0. The van der Waals surface area contributed by atoms with Crippen molar-refractivity contribution < 1.29 is 14.3 Å². The van der Waals surface area contributed by atoms with Gasteiger partial charge in [-0.15, -0.1) is 0 Å². The molecule has 1 amide bonds. The van der Waals surface area contributed by atoms with E-state index >= 15 is 0 Å². The number of nitrogens with one attached hydrogen (secondary N) is 1. The minimum atomic E-state index is -0.592. The fourth-order valence-electron chi connectivity index (χ4n) is 8.02. The highest BCUT2D eigenvalue weighted by atomic mass is 16.6. The highest BCUT2D eigenvalue weighted by Gasteiger charge is 2.59. The molecule has 1 N–H and O–H groups in total. The van der Waals surface area contributed by atoms with Crippen LogP contribution in [0, 0.1) is 0 Å². The van der Waals surface area contributed by atoms with Gasteiger partial charge in [0, 0.05) is 42.8 Å². The third-order valence-electron chi connectivity index (χ3n) is 9.30. The Morgan fingerprint density at radius 2 is 1.89 bits per heavy atom. The second-order valence-electron chi connectivity index (χ2n) is 11.1. The van der Waals surface area contributed by atoms with E-state index < -0.39 is 5.60 Å². The number of ether oxygens (including phenoxy) is 2. The van der Waals surface area contributed by atoms with E-state index in [4.69, 9.17) is 9.47 Å². The number of amides is 1. The number of nitrogens with zero attached hydrogens (tertiary/aromatic N) is 2. The number of para-hydroxylation sites is 1. The van der Waals surface area contributed by atoms with Crippen molar-refractivity contribution in [1.29, 1.82) is 0 Å². The summed E-state index contributed by atoms with van der Waals surface area (Å²) in [6, 6.07) is 17.4. The van der Waals surface area contributed by atoms with Gasteiger partial charge in [-0.3, -0.25) is 4.79 Å². The number of hydrogen-bond donors (Lipinski definition) is 1. The van der Waals surface area contributed by atoms with Crippen molar-refractivity contribution in [2.24, 2.45) is 0 Å². The van der Waals surface area contributed by atoms with Gasteiger partial charge in [-0.05, 0) is 54.9 Å². The Morgan fingerprint density at radius 1 is 1.11 bits per heavy atom. The third-order valence-corrected chi connectivity index (χ3v) is 9.30. The van der Waals surface area contributed by atoms with Gasteiger partial charge in [0.05, 0.1) is 16.6 Å². The number of likely N-dealkylation sites (N-methyl/N-ethyl adjacent to an activating group) is 1. The van der Waals surface area contributed by atoms with Gasteiger partial charge in [0.2, 0.25) is 0 Å². The maximum atomic E-state index is 13.4. The molecule has 0 spiro atoms. The molecular weight excluding hydrogens is 450 g/mol. The van der Waals surface area contributed by atoms with Crippen molar-refractivity contribution in [3.63, 3.8) is 0 Å². The Hall–Kier alpha value is -3.19. The SMILES string of the molecule is CO[C@@H]1[C@H](N(C)C)C[C@H]2O[C@]1(C)C1c3ccccc3-c3c4c(c5c6ccccc6n2c5c31)C(=O)NC4. The van der Waals surface area contributed by atoms with Crippen LogP contribution >= 0.6 is 0 Å². The van der Waals surface area contributed by atoms with Crippen LogP contribution < -0.4 is 5.32 Å². The standard InChI is InChI=1S/C30H29N3O3/c1-30-26-16-10-6-5-9-15(16)22-18-14-31-29(34)24(18)23-17-11-7-8-12-19(17)33(27(23)25(22)26)21(36-30)13-20(32(2)3)28(30)35-4/h5-12,20-21,26,28H,13-14H2,1-4H3,(H,31,34)/t20-,21-,26?,28-,30-/m1/s1. The molecule has 3 aliphatic heterocycles. The van der Waals surface area contributed by atoms with Gasteiger partial charge < -0.3 is 24.3 Å². The minimum Gasteiger partial charge on any atom is -0.377 e. The van der Waals surface area contributed by atoms with E-state index in [2.05, 4.69) is 84.3 Å². The number of fused-ring (bicyclic) bond motifs is 13. The molecule has 1 aromatic heterocycles. The maximum absolute atomic E-state index is 13.4. The Morgan fingerprint density at radius 3 is 2.69 bits per heavy atom. The predicted molar refractivity (Wildman–Crippen MR) is 139 cm³/mol. The lowest BCUT2D eigenvalue weighted by atomic mass is 9.73. The lowest BCUT2D eigenvalue weighted by Gasteiger charge is -2.51. The summed E-state index contributed by atoms with van der Waals surface area (Å²) in [5.41, 5.74) is 8.65. The Balaban J connectivity index is 1.62. The zero-order chi connectivity index (χ0) is 24.5. The number of carbonyl (C=O) groups is 1. The van der Waals surface area contributed by atoms with Gasteiger partial charge in [0.1, 0.15) is 17.9 Å². The first-order valence-electron chi connectivity index (χ1n) is 12.8. The molecule has 3 aromatic carbocycles. The Labute approximate surface area is 209 Å². The normalized spacial score (nSPS) is 29.5. The fraction of sp³-hybridized carbons (Fsp3) is 0.367. The first-order chi connectivity index (χ1) is 17.5. The van der Waals surface area contributed by atoms with Crippen molar-refractivity contribution >= 4 is 27.7 Å². The molecule has 2 bridgehead atoms. The first-order valence-corrected chi connectivity index (χ1v) is 12.8. The minimum absolute atomic E-state index is 0.00651. The molecule has 1 aliphatic carbocycles. The van der Waals surface area contributed by atoms with E-state index in [9.17, 15) is 4.79 Å². The van der Waals surface area contributed by atoms with Crippen LogP contribution in [0.4, 0.5) is 0 Å². The van der Waals surface area contributed by atoms with Crippen LogP contribution in [0.15, 0.2) is 48.5 Å². The molecule has 4 heterocycles. The van der Waals surface area contributed by atoms with Crippen molar-refractivity contribution in [3.8, 4) is 11.1 Å². The molecule has 0 saturated carbocycles. The molecule has 182 valence electrons. The third kappa shape index (κ3) is 2.23. The monoisotopic (exact) mass is 479 g/mol. The molecule has 6 heteroatoms. The van der Waals surface area contributed by atoms with Crippen LogP contribution in [0.1, 0.15) is 52.5 Å². The average molecular weight is 480 g/mol. The largest absolute Gasteiger partial charge is 0.377 e. The van der Waals surface area contributed by atoms with Crippen LogP contribution in [-0.4, -0.2) is 54.3 Å². The average Bonchev–Trinajstić information content (AvgIpc) is 3.51. The summed E-state index contributed by atoms with van der Waals surface area (Å²) < 4.78 is 15.9. The van der Waals surface area contributed by atoms with Gasteiger partial charge in [-0.1, -0.05) is 42.5 Å². The zero-order valence-electron chi connectivity index (χ0n) is 21.0. The van der Waals surface area contributed by atoms with Crippen molar-refractivity contribution in [3.05, 3.63) is 70.8 Å². The van der Waals surface area contributed by atoms with E-state index in [1.165, 1.54) is 22.3 Å². The summed E-state index contributed by atoms with van der Waals surface area (Å²) in [4.78, 5) is 15.7.